The van der Waals surface area contributed by atoms with Crippen LogP contribution in [0.2, 0.25) is 0 Å². The van der Waals surface area contributed by atoms with Crippen molar-refractivity contribution in [2.24, 2.45) is 0 Å². The van der Waals surface area contributed by atoms with Crippen molar-refractivity contribution in [3.8, 4) is 17.2 Å². The lowest BCUT2D eigenvalue weighted by molar-refractivity contribution is 0.0609. The third-order valence-corrected chi connectivity index (χ3v) is 7.08. The lowest BCUT2D eigenvalue weighted by Gasteiger charge is -2.47. The molecule has 12 heteroatoms. The molecule has 34 heavy (non-hydrogen) atoms. The van der Waals surface area contributed by atoms with Gasteiger partial charge in [0.15, 0.2) is 23.0 Å². The number of hydrogen-bond donors (Lipinski definition) is 0. The van der Waals surface area contributed by atoms with Crippen molar-refractivity contribution in [1.29, 1.82) is 0 Å². The number of fused-ring (bicyclic) bond motifs is 2. The molecule has 0 atom stereocenters. The molecule has 2 aliphatic heterocycles. The van der Waals surface area contributed by atoms with Crippen molar-refractivity contribution < 1.29 is 14.2 Å². The molecule has 172 valence electrons. The Bertz CT molecular complexity index is 1320. The Morgan fingerprint density at radius 2 is 1.68 bits per heavy atom. The Balaban J connectivity index is 1.28. The predicted octanol–water partition coefficient (Wildman–Crippen LogP) is -1.63. The Morgan fingerprint density at radius 1 is 1.00 bits per heavy atom. The van der Waals surface area contributed by atoms with E-state index in [1.807, 2.05) is 69.5 Å². The molecule has 0 bridgehead atoms. The second-order valence-electron chi connectivity index (χ2n) is 10.3. The van der Waals surface area contributed by atoms with E-state index in [1.165, 1.54) is 10.6 Å². The van der Waals surface area contributed by atoms with E-state index in [9.17, 15) is 4.79 Å². The first kappa shape index (κ1) is 22.7. The quantitative estimate of drug-likeness (QED) is 0.439. The van der Waals surface area contributed by atoms with E-state index in [0.29, 0.717) is 17.1 Å². The first-order valence-corrected chi connectivity index (χ1v) is 11.8. The lowest BCUT2D eigenvalue weighted by atomic mass is 9.41. The minimum atomic E-state index is -0.454. The Morgan fingerprint density at radius 3 is 2.38 bits per heavy atom. The largest absolute Gasteiger partial charge is 0.499 e. The Kier molecular flexibility index (Phi) is 5.37. The molecule has 0 unspecified atom stereocenters. The fourth-order valence-corrected chi connectivity index (χ4v) is 4.45. The molecule has 1 aromatic carbocycles. The summed E-state index contributed by atoms with van der Waals surface area (Å²) in [5.41, 5.74) is 2.12. The van der Waals surface area contributed by atoms with Crippen LogP contribution in [0.15, 0.2) is 35.1 Å². The van der Waals surface area contributed by atoms with Crippen LogP contribution in [0.4, 0.5) is 5.82 Å². The van der Waals surface area contributed by atoms with Gasteiger partial charge in [-0.3, -0.25) is 4.79 Å². The zero-order chi connectivity index (χ0) is 24.3. The van der Waals surface area contributed by atoms with Gasteiger partial charge in [-0.1, -0.05) is 0 Å². The van der Waals surface area contributed by atoms with Crippen LogP contribution < -0.4 is 24.7 Å². The standard InChI is InChI=1S/C22H28B4N4O4/c1-12-9-18-27-13(2)10-19(31)30(18)28-20(12)29-7-5-14(6-8-29)32-15-3-4-16-17(11-15)34-22(25,26)21(23,24)33-16/h3-4,9-11,14H,5-8,23-26H2,1-2H3. The molecular weight excluding hydrogens is 428 g/mol. The van der Waals surface area contributed by atoms with Gasteiger partial charge in [0.1, 0.15) is 43.2 Å². The molecule has 2 aliphatic rings. The summed E-state index contributed by atoms with van der Waals surface area (Å²) in [5.74, 6) is 3.06. The minimum absolute atomic E-state index is 0.0936. The monoisotopic (exact) mass is 456 g/mol. The van der Waals surface area contributed by atoms with Gasteiger partial charge in [0.05, 0.1) is 10.8 Å². The average Bonchev–Trinajstić information content (AvgIpc) is 2.74. The summed E-state index contributed by atoms with van der Waals surface area (Å²) in [6.07, 6.45) is 1.80. The summed E-state index contributed by atoms with van der Waals surface area (Å²) in [6, 6.07) is 9.23. The van der Waals surface area contributed by atoms with Crippen LogP contribution in [0.3, 0.4) is 0 Å². The van der Waals surface area contributed by atoms with Crippen LogP contribution in [0, 0.1) is 13.8 Å². The topological polar surface area (TPSA) is 78.2 Å². The van der Waals surface area contributed by atoms with Crippen molar-refractivity contribution in [2.45, 2.75) is 43.6 Å². The molecule has 0 aliphatic carbocycles. The minimum Gasteiger partial charge on any atom is -0.499 e. The van der Waals surface area contributed by atoms with E-state index in [1.54, 1.807) is 0 Å². The zero-order valence-corrected chi connectivity index (χ0v) is 20.7. The summed E-state index contributed by atoms with van der Waals surface area (Å²) < 4.78 is 20.1. The van der Waals surface area contributed by atoms with E-state index in [4.69, 9.17) is 14.2 Å². The van der Waals surface area contributed by atoms with Crippen molar-refractivity contribution in [1.82, 2.24) is 14.6 Å². The van der Waals surface area contributed by atoms with Crippen LogP contribution in [-0.4, -0.2) is 76.0 Å². The summed E-state index contributed by atoms with van der Waals surface area (Å²) in [5, 5.41) is 3.74. The van der Waals surface area contributed by atoms with Gasteiger partial charge in [0.2, 0.25) is 0 Å². The highest BCUT2D eigenvalue weighted by molar-refractivity contribution is 6.53. The first-order valence-electron chi connectivity index (χ1n) is 11.8. The molecule has 3 aromatic rings. The fraction of sp³-hybridized carbons (Fsp3) is 0.409. The maximum atomic E-state index is 12.4. The fourth-order valence-electron chi connectivity index (χ4n) is 4.45. The zero-order valence-electron chi connectivity index (χ0n) is 20.7. The molecule has 2 aromatic heterocycles. The third-order valence-electron chi connectivity index (χ3n) is 7.08. The summed E-state index contributed by atoms with van der Waals surface area (Å²) in [6.45, 7) is 5.42. The van der Waals surface area contributed by atoms with Crippen LogP contribution in [-0.2, 0) is 0 Å². The number of aryl methyl sites for hydroxylation is 2. The number of benzene rings is 1. The smallest absolute Gasteiger partial charge is 0.274 e. The van der Waals surface area contributed by atoms with Gasteiger partial charge in [-0.15, -0.1) is 5.10 Å². The molecule has 0 amide bonds. The van der Waals surface area contributed by atoms with Crippen LogP contribution >= 0.6 is 0 Å². The second kappa shape index (κ2) is 8.03. The van der Waals surface area contributed by atoms with Crippen molar-refractivity contribution in [3.05, 3.63) is 51.9 Å². The molecule has 8 nitrogen and oxygen atoms in total. The highest BCUT2D eigenvalue weighted by Crippen LogP contribution is 2.41. The molecular formula is C22H28B4N4O4. The van der Waals surface area contributed by atoms with E-state index in [0.717, 1.165) is 48.8 Å². The Labute approximate surface area is 202 Å². The SMILES string of the molecule is BC1(B)Oc2ccc(OC3CCN(c4nn5c(=O)cc(C)nc5cc4C)CC3)cc2OC1(B)B. The summed E-state index contributed by atoms with van der Waals surface area (Å²) in [4.78, 5) is 19.0. The number of hydrogen-bond acceptors (Lipinski definition) is 7. The van der Waals surface area contributed by atoms with Crippen LogP contribution in [0.25, 0.3) is 5.65 Å². The van der Waals surface area contributed by atoms with Gasteiger partial charge in [-0.05, 0) is 37.6 Å². The molecule has 0 radical (unpaired) electrons. The normalized spacial score (nSPS) is 19.2. The van der Waals surface area contributed by atoms with Gasteiger partial charge in [0, 0.05) is 43.8 Å². The van der Waals surface area contributed by atoms with Crippen molar-refractivity contribution in [2.75, 3.05) is 18.0 Å². The molecule has 1 saturated heterocycles. The predicted molar refractivity (Wildman–Crippen MR) is 142 cm³/mol. The van der Waals surface area contributed by atoms with E-state index >= 15 is 0 Å². The van der Waals surface area contributed by atoms with Gasteiger partial charge in [-0.2, -0.15) is 4.52 Å². The average molecular weight is 456 g/mol. The molecule has 0 saturated carbocycles. The molecule has 0 spiro atoms. The van der Waals surface area contributed by atoms with E-state index in [-0.39, 0.29) is 11.7 Å². The number of piperidine rings is 1. The van der Waals surface area contributed by atoms with Crippen LogP contribution in [0.1, 0.15) is 24.1 Å². The number of aromatic nitrogens is 3. The van der Waals surface area contributed by atoms with Gasteiger partial charge in [-0.25, -0.2) is 4.98 Å². The number of rotatable bonds is 3. The summed E-state index contributed by atoms with van der Waals surface area (Å²) >= 11 is 0. The number of ether oxygens (including phenoxy) is 3. The van der Waals surface area contributed by atoms with Crippen molar-refractivity contribution >= 4 is 42.9 Å². The molecule has 4 heterocycles. The first-order chi connectivity index (χ1) is 16.0. The van der Waals surface area contributed by atoms with Crippen molar-refractivity contribution in [3.63, 3.8) is 0 Å². The van der Waals surface area contributed by atoms with E-state index < -0.39 is 10.8 Å². The third kappa shape index (κ3) is 4.03. The van der Waals surface area contributed by atoms with Gasteiger partial charge >= 0.3 is 0 Å². The number of nitrogens with zero attached hydrogens (tertiary/aromatic N) is 4. The summed E-state index contributed by atoms with van der Waals surface area (Å²) in [7, 11) is 8.14. The number of anilines is 1. The highest BCUT2D eigenvalue weighted by Gasteiger charge is 2.44. The van der Waals surface area contributed by atoms with Gasteiger partial charge < -0.3 is 19.1 Å². The molecule has 5 rings (SSSR count). The maximum absolute atomic E-state index is 12.4. The second-order valence-corrected chi connectivity index (χ2v) is 10.3. The highest BCUT2D eigenvalue weighted by atomic mass is 16.6. The maximum Gasteiger partial charge on any atom is 0.274 e. The Hall–Kier alpha value is -3.03. The molecule has 1 fully saturated rings. The van der Waals surface area contributed by atoms with Gasteiger partial charge in [0.25, 0.3) is 5.56 Å². The van der Waals surface area contributed by atoms with E-state index in [2.05, 4.69) is 15.0 Å². The lowest BCUT2D eigenvalue weighted by Crippen LogP contribution is -2.65. The molecule has 0 N–H and O–H groups in total. The van der Waals surface area contributed by atoms with Crippen LogP contribution in [0.5, 0.6) is 17.2 Å².